The smallest absolute Gasteiger partial charge is 0.298 e. The van der Waals surface area contributed by atoms with Crippen LogP contribution >= 0.6 is 39.3 Å². The molecule has 0 spiro atoms. The molecular formula is C11H9BrClF3OS. The third-order valence-corrected chi connectivity index (χ3v) is 4.21. The van der Waals surface area contributed by atoms with Crippen LogP contribution in [0.1, 0.15) is 22.9 Å². The molecule has 0 fully saturated rings. The van der Waals surface area contributed by atoms with Crippen LogP contribution in [0.2, 0.25) is 0 Å². The number of thioether (sulfide) groups is 1. The van der Waals surface area contributed by atoms with E-state index in [9.17, 15) is 18.0 Å². The first-order valence-electron chi connectivity index (χ1n) is 4.83. The largest absolute Gasteiger partial charge is 0.446 e. The molecule has 0 aliphatic carbocycles. The minimum Gasteiger partial charge on any atom is -0.298 e. The van der Waals surface area contributed by atoms with E-state index < -0.39 is 10.3 Å². The quantitative estimate of drug-likeness (QED) is 0.550. The maximum absolute atomic E-state index is 12.3. The molecule has 0 saturated heterocycles. The number of Topliss-reactive ketones (excluding diaryl/α,β-unsaturated/α-hetero) is 1. The summed E-state index contributed by atoms with van der Waals surface area (Å²) in [6.07, 6.45) is 0. The molecular weight excluding hydrogens is 353 g/mol. The number of halogens is 5. The summed E-state index contributed by atoms with van der Waals surface area (Å²) in [7, 11) is 0. The minimum atomic E-state index is -4.36. The lowest BCUT2D eigenvalue weighted by Crippen LogP contribution is -2.04. The molecule has 1 aromatic rings. The average molecular weight is 362 g/mol. The Labute approximate surface area is 120 Å². The van der Waals surface area contributed by atoms with Gasteiger partial charge in [0.1, 0.15) is 5.78 Å². The van der Waals surface area contributed by atoms with Crippen LogP contribution in [-0.4, -0.2) is 11.3 Å². The highest BCUT2D eigenvalue weighted by atomic mass is 79.9. The van der Waals surface area contributed by atoms with Crippen LogP contribution in [0, 0.1) is 0 Å². The van der Waals surface area contributed by atoms with Crippen LogP contribution in [0.25, 0.3) is 0 Å². The van der Waals surface area contributed by atoms with Gasteiger partial charge < -0.3 is 0 Å². The number of carbonyl (C=O) groups is 1. The van der Waals surface area contributed by atoms with Gasteiger partial charge in [0.05, 0.1) is 4.83 Å². The molecule has 7 heteroatoms. The Hall–Kier alpha value is -0.200. The van der Waals surface area contributed by atoms with Crippen molar-refractivity contribution in [3.05, 3.63) is 29.3 Å². The lowest BCUT2D eigenvalue weighted by molar-refractivity contribution is -0.116. The molecule has 0 N–H and O–H groups in total. The summed E-state index contributed by atoms with van der Waals surface area (Å²) < 4.78 is 37.0. The van der Waals surface area contributed by atoms with E-state index in [-0.39, 0.29) is 28.3 Å². The zero-order valence-electron chi connectivity index (χ0n) is 9.22. The van der Waals surface area contributed by atoms with Crippen molar-refractivity contribution in [2.45, 2.75) is 28.0 Å². The molecule has 1 unspecified atom stereocenters. The first kappa shape index (κ1) is 15.9. The van der Waals surface area contributed by atoms with E-state index >= 15 is 0 Å². The Morgan fingerprint density at radius 1 is 1.44 bits per heavy atom. The van der Waals surface area contributed by atoms with Crippen LogP contribution < -0.4 is 0 Å². The van der Waals surface area contributed by atoms with Crippen molar-refractivity contribution in [3.63, 3.8) is 0 Å². The second-order valence-electron chi connectivity index (χ2n) is 3.56. The van der Waals surface area contributed by atoms with E-state index in [4.69, 9.17) is 11.6 Å². The van der Waals surface area contributed by atoms with Crippen LogP contribution in [0.3, 0.4) is 0 Å². The van der Waals surface area contributed by atoms with Gasteiger partial charge in [0.2, 0.25) is 0 Å². The number of hydrogen-bond donors (Lipinski definition) is 0. The molecule has 1 rings (SSSR count). The van der Waals surface area contributed by atoms with E-state index in [1.165, 1.54) is 19.1 Å². The van der Waals surface area contributed by atoms with Gasteiger partial charge in [-0.1, -0.05) is 22.0 Å². The molecule has 0 saturated carbocycles. The van der Waals surface area contributed by atoms with Crippen molar-refractivity contribution in [1.29, 1.82) is 0 Å². The van der Waals surface area contributed by atoms with Gasteiger partial charge in [0, 0.05) is 10.8 Å². The fraction of sp³-hybridized carbons (Fsp3) is 0.364. The maximum Gasteiger partial charge on any atom is 0.446 e. The van der Waals surface area contributed by atoms with Crippen molar-refractivity contribution < 1.29 is 18.0 Å². The van der Waals surface area contributed by atoms with E-state index in [1.54, 1.807) is 6.07 Å². The SMILES string of the molecule is CC(=O)C(Br)c1cc(CCl)cc(SC(F)(F)F)c1. The van der Waals surface area contributed by atoms with E-state index in [2.05, 4.69) is 15.9 Å². The zero-order chi connectivity index (χ0) is 13.9. The van der Waals surface area contributed by atoms with Gasteiger partial charge in [-0.25, -0.2) is 0 Å². The number of ketones is 1. The summed E-state index contributed by atoms with van der Waals surface area (Å²) in [5, 5.41) is 0. The summed E-state index contributed by atoms with van der Waals surface area (Å²) >= 11 is 8.56. The number of benzene rings is 1. The van der Waals surface area contributed by atoms with Crippen LogP contribution in [0.15, 0.2) is 23.1 Å². The van der Waals surface area contributed by atoms with Gasteiger partial charge in [-0.2, -0.15) is 13.2 Å². The second-order valence-corrected chi connectivity index (χ2v) is 5.89. The van der Waals surface area contributed by atoms with Crippen LogP contribution in [-0.2, 0) is 10.7 Å². The zero-order valence-corrected chi connectivity index (χ0v) is 12.4. The minimum absolute atomic E-state index is 0.0290. The number of rotatable bonds is 4. The Morgan fingerprint density at radius 3 is 2.50 bits per heavy atom. The van der Waals surface area contributed by atoms with E-state index in [1.807, 2.05) is 0 Å². The molecule has 0 radical (unpaired) electrons. The Morgan fingerprint density at radius 2 is 2.06 bits per heavy atom. The summed E-state index contributed by atoms with van der Waals surface area (Å²) in [5.41, 5.74) is -3.33. The molecule has 0 heterocycles. The Kier molecular flexibility index (Phi) is 5.55. The fourth-order valence-corrected chi connectivity index (χ4v) is 2.43. The molecule has 1 nitrogen and oxygen atoms in total. The van der Waals surface area contributed by atoms with Crippen molar-refractivity contribution in [2.75, 3.05) is 0 Å². The van der Waals surface area contributed by atoms with Crippen molar-refractivity contribution in [2.24, 2.45) is 0 Å². The number of carbonyl (C=O) groups excluding carboxylic acids is 1. The molecule has 0 aromatic heterocycles. The summed E-state index contributed by atoms with van der Waals surface area (Å²) in [4.78, 5) is 10.6. The van der Waals surface area contributed by atoms with Gasteiger partial charge in [-0.3, -0.25) is 4.79 Å². The molecule has 0 aliphatic heterocycles. The lowest BCUT2D eigenvalue weighted by Gasteiger charge is -2.12. The first-order valence-corrected chi connectivity index (χ1v) is 7.09. The van der Waals surface area contributed by atoms with Gasteiger partial charge in [0.15, 0.2) is 0 Å². The standard InChI is InChI=1S/C11H9BrClF3OS/c1-6(17)10(12)8-2-7(5-13)3-9(4-8)18-11(14,15)16/h2-4,10H,5H2,1H3. The van der Waals surface area contributed by atoms with Crippen molar-refractivity contribution >= 4 is 45.1 Å². The maximum atomic E-state index is 12.3. The third kappa shape index (κ3) is 4.82. The van der Waals surface area contributed by atoms with E-state index in [0.717, 1.165) is 0 Å². The fourth-order valence-electron chi connectivity index (χ4n) is 1.34. The highest BCUT2D eigenvalue weighted by molar-refractivity contribution is 9.09. The third-order valence-electron chi connectivity index (χ3n) is 2.03. The number of hydrogen-bond acceptors (Lipinski definition) is 2. The number of alkyl halides is 5. The molecule has 100 valence electrons. The van der Waals surface area contributed by atoms with Crippen LogP contribution in [0.5, 0.6) is 0 Å². The van der Waals surface area contributed by atoms with Gasteiger partial charge in [0.25, 0.3) is 0 Å². The van der Waals surface area contributed by atoms with Crippen molar-refractivity contribution in [1.82, 2.24) is 0 Å². The van der Waals surface area contributed by atoms with Gasteiger partial charge in [-0.05, 0) is 41.9 Å². The van der Waals surface area contributed by atoms with Gasteiger partial charge in [-0.15, -0.1) is 11.6 Å². The molecule has 1 atom stereocenters. The predicted octanol–water partition coefficient (Wildman–Crippen LogP) is 5.06. The Bertz CT molecular complexity index is 450. The molecule has 0 amide bonds. The van der Waals surface area contributed by atoms with Crippen LogP contribution in [0.4, 0.5) is 13.2 Å². The average Bonchev–Trinajstić information content (AvgIpc) is 2.24. The summed E-state index contributed by atoms with van der Waals surface area (Å²) in [6.45, 7) is 1.36. The lowest BCUT2D eigenvalue weighted by atomic mass is 10.1. The normalized spacial score (nSPS) is 13.4. The first-order chi connectivity index (χ1) is 8.23. The van der Waals surface area contributed by atoms with Gasteiger partial charge >= 0.3 is 5.51 Å². The second kappa shape index (κ2) is 6.30. The van der Waals surface area contributed by atoms with E-state index in [0.29, 0.717) is 11.1 Å². The molecule has 0 bridgehead atoms. The highest BCUT2D eigenvalue weighted by Gasteiger charge is 2.29. The monoisotopic (exact) mass is 360 g/mol. The molecule has 0 aliphatic rings. The molecule has 18 heavy (non-hydrogen) atoms. The summed E-state index contributed by atoms with van der Waals surface area (Å²) in [5.74, 6) is -0.0821. The molecule has 1 aromatic carbocycles. The topological polar surface area (TPSA) is 17.1 Å². The highest BCUT2D eigenvalue weighted by Crippen LogP contribution is 2.39. The van der Waals surface area contributed by atoms with Crippen molar-refractivity contribution in [3.8, 4) is 0 Å². The Balaban J connectivity index is 3.13. The summed E-state index contributed by atoms with van der Waals surface area (Å²) in [6, 6.07) is 4.33. The predicted molar refractivity (Wildman–Crippen MR) is 70.3 cm³/mol.